The Bertz CT molecular complexity index is 930. The van der Waals surface area contributed by atoms with Crippen molar-refractivity contribution in [3.05, 3.63) is 76.1 Å². The largest absolute Gasteiger partial charge is 0.495 e. The van der Waals surface area contributed by atoms with E-state index in [4.69, 9.17) is 9.57 Å². The second kappa shape index (κ2) is 7.00. The number of fused-ring (bicyclic) bond motifs is 1. The lowest BCUT2D eigenvalue weighted by atomic mass is 10.1. The van der Waals surface area contributed by atoms with Crippen LogP contribution in [0.2, 0.25) is 0 Å². The zero-order valence-corrected chi connectivity index (χ0v) is 13.6. The number of aromatic nitrogens is 1. The number of para-hydroxylation sites is 1. The van der Waals surface area contributed by atoms with Crippen LogP contribution in [0.3, 0.4) is 0 Å². The van der Waals surface area contributed by atoms with Gasteiger partial charge in [-0.15, -0.1) is 0 Å². The van der Waals surface area contributed by atoms with E-state index in [1.807, 2.05) is 54.6 Å². The summed E-state index contributed by atoms with van der Waals surface area (Å²) in [6.07, 6.45) is 1.40. The summed E-state index contributed by atoms with van der Waals surface area (Å²) in [5.41, 5.74) is 2.06. The first-order chi connectivity index (χ1) is 11.8. The van der Waals surface area contributed by atoms with Gasteiger partial charge < -0.3 is 14.1 Å². The molecule has 3 rings (SSSR count). The average molecular weight is 322 g/mol. The van der Waals surface area contributed by atoms with E-state index in [1.165, 1.54) is 13.3 Å². The number of rotatable bonds is 5. The van der Waals surface area contributed by atoms with Crippen LogP contribution in [0, 0.1) is 0 Å². The summed E-state index contributed by atoms with van der Waals surface area (Å²) in [7, 11) is 2.99. The molecule has 122 valence electrons. The van der Waals surface area contributed by atoms with Gasteiger partial charge in [-0.3, -0.25) is 4.79 Å². The van der Waals surface area contributed by atoms with E-state index < -0.39 is 0 Å². The van der Waals surface area contributed by atoms with E-state index in [-0.39, 0.29) is 5.56 Å². The molecule has 0 atom stereocenters. The minimum atomic E-state index is -0.171. The number of hydrogen-bond donors (Lipinski definition) is 0. The van der Waals surface area contributed by atoms with Crippen LogP contribution in [0.4, 0.5) is 0 Å². The van der Waals surface area contributed by atoms with Crippen LogP contribution in [0.15, 0.2) is 64.5 Å². The molecule has 0 amide bonds. The Kier molecular flexibility index (Phi) is 4.61. The van der Waals surface area contributed by atoms with Gasteiger partial charge >= 0.3 is 0 Å². The SMILES string of the molecule is CO/N=C/c1c(OC)c2ccccc2n(Cc2ccccc2)c1=O. The average Bonchev–Trinajstić information content (AvgIpc) is 2.63. The molecule has 0 aliphatic carbocycles. The van der Waals surface area contributed by atoms with E-state index in [0.29, 0.717) is 17.9 Å². The van der Waals surface area contributed by atoms with Gasteiger partial charge in [0.15, 0.2) is 0 Å². The highest BCUT2D eigenvalue weighted by molar-refractivity contribution is 5.95. The standard InChI is InChI=1S/C19H18N2O3/c1-23-18-15-10-6-7-11-17(15)21(13-14-8-4-3-5-9-14)19(22)16(18)12-20-24-2/h3-12H,13H2,1-2H3/b20-12+. The topological polar surface area (TPSA) is 52.8 Å². The molecular formula is C19H18N2O3. The second-order valence-corrected chi connectivity index (χ2v) is 5.26. The minimum Gasteiger partial charge on any atom is -0.495 e. The molecule has 1 aromatic heterocycles. The zero-order chi connectivity index (χ0) is 16.9. The summed E-state index contributed by atoms with van der Waals surface area (Å²) in [5.74, 6) is 0.501. The summed E-state index contributed by atoms with van der Waals surface area (Å²) in [5, 5.41) is 4.60. The molecule has 0 bridgehead atoms. The second-order valence-electron chi connectivity index (χ2n) is 5.26. The number of hydrogen-bond acceptors (Lipinski definition) is 4. The molecule has 0 aliphatic rings. The van der Waals surface area contributed by atoms with Gasteiger partial charge in [-0.1, -0.05) is 47.6 Å². The molecule has 0 saturated heterocycles. The van der Waals surface area contributed by atoms with E-state index in [0.717, 1.165) is 16.5 Å². The van der Waals surface area contributed by atoms with E-state index in [1.54, 1.807) is 11.7 Å². The minimum absolute atomic E-state index is 0.171. The Morgan fingerprint density at radius 1 is 1.04 bits per heavy atom. The van der Waals surface area contributed by atoms with E-state index >= 15 is 0 Å². The first-order valence-corrected chi connectivity index (χ1v) is 7.56. The summed E-state index contributed by atoms with van der Waals surface area (Å²) in [4.78, 5) is 17.7. The van der Waals surface area contributed by atoms with Crippen molar-refractivity contribution in [2.75, 3.05) is 14.2 Å². The number of benzene rings is 2. The molecule has 2 aromatic carbocycles. The smallest absolute Gasteiger partial charge is 0.264 e. The lowest BCUT2D eigenvalue weighted by Gasteiger charge is -2.15. The fraction of sp³-hybridized carbons (Fsp3) is 0.158. The maximum atomic E-state index is 13.0. The van der Waals surface area contributed by atoms with Crippen LogP contribution < -0.4 is 10.3 Å². The van der Waals surface area contributed by atoms with Gasteiger partial charge in [0, 0.05) is 5.39 Å². The van der Waals surface area contributed by atoms with Crippen LogP contribution in [0.1, 0.15) is 11.1 Å². The van der Waals surface area contributed by atoms with Crippen LogP contribution in [-0.2, 0) is 11.4 Å². The highest BCUT2D eigenvalue weighted by Crippen LogP contribution is 2.26. The van der Waals surface area contributed by atoms with Crippen LogP contribution in [0.5, 0.6) is 5.75 Å². The molecule has 5 heteroatoms. The van der Waals surface area contributed by atoms with Crippen molar-refractivity contribution in [1.82, 2.24) is 4.57 Å². The molecule has 5 nitrogen and oxygen atoms in total. The lowest BCUT2D eigenvalue weighted by Crippen LogP contribution is -2.25. The van der Waals surface area contributed by atoms with Crippen molar-refractivity contribution in [1.29, 1.82) is 0 Å². The van der Waals surface area contributed by atoms with Gasteiger partial charge in [0.05, 0.1) is 25.4 Å². The first kappa shape index (κ1) is 15.8. The normalized spacial score (nSPS) is 11.1. The quantitative estimate of drug-likeness (QED) is 0.536. The third-order valence-corrected chi connectivity index (χ3v) is 3.83. The summed E-state index contributed by atoms with van der Waals surface area (Å²) < 4.78 is 7.21. The van der Waals surface area contributed by atoms with Gasteiger partial charge in [-0.05, 0) is 17.7 Å². The van der Waals surface area contributed by atoms with Crippen molar-refractivity contribution in [2.24, 2.45) is 5.16 Å². The summed E-state index contributed by atoms with van der Waals surface area (Å²) >= 11 is 0. The van der Waals surface area contributed by atoms with Gasteiger partial charge in [-0.25, -0.2) is 0 Å². The number of methoxy groups -OCH3 is 1. The van der Waals surface area contributed by atoms with Crippen LogP contribution in [-0.4, -0.2) is 25.0 Å². The molecule has 0 aliphatic heterocycles. The maximum Gasteiger partial charge on any atom is 0.264 e. The van der Waals surface area contributed by atoms with Gasteiger partial charge in [0.2, 0.25) is 0 Å². The zero-order valence-electron chi connectivity index (χ0n) is 13.6. The highest BCUT2D eigenvalue weighted by atomic mass is 16.6. The molecular weight excluding hydrogens is 304 g/mol. The molecule has 0 saturated carbocycles. The van der Waals surface area contributed by atoms with Crippen molar-refractivity contribution in [3.63, 3.8) is 0 Å². The Morgan fingerprint density at radius 3 is 2.46 bits per heavy atom. The predicted octanol–water partition coefficient (Wildman–Crippen LogP) is 3.04. The van der Waals surface area contributed by atoms with Crippen molar-refractivity contribution in [3.8, 4) is 5.75 Å². The van der Waals surface area contributed by atoms with Crippen LogP contribution in [0.25, 0.3) is 10.9 Å². The monoisotopic (exact) mass is 322 g/mol. The lowest BCUT2D eigenvalue weighted by molar-refractivity contribution is 0.215. The Balaban J connectivity index is 2.29. The molecule has 24 heavy (non-hydrogen) atoms. The van der Waals surface area contributed by atoms with Crippen LogP contribution >= 0.6 is 0 Å². The fourth-order valence-corrected chi connectivity index (χ4v) is 2.76. The molecule has 0 fully saturated rings. The fourth-order valence-electron chi connectivity index (χ4n) is 2.76. The third kappa shape index (κ3) is 2.88. The Hall–Kier alpha value is -3.08. The van der Waals surface area contributed by atoms with Crippen molar-refractivity contribution >= 4 is 17.1 Å². The van der Waals surface area contributed by atoms with Gasteiger partial charge in [-0.2, -0.15) is 0 Å². The molecule has 0 radical (unpaired) electrons. The Labute approximate surface area is 139 Å². The van der Waals surface area contributed by atoms with Crippen molar-refractivity contribution in [2.45, 2.75) is 6.54 Å². The molecule has 0 N–H and O–H groups in total. The highest BCUT2D eigenvalue weighted by Gasteiger charge is 2.16. The number of oxime groups is 1. The summed E-state index contributed by atoms with van der Waals surface area (Å²) in [6, 6.07) is 17.5. The molecule has 0 spiro atoms. The Morgan fingerprint density at radius 2 is 1.75 bits per heavy atom. The number of nitrogens with zero attached hydrogens (tertiary/aromatic N) is 2. The molecule has 1 heterocycles. The predicted molar refractivity (Wildman–Crippen MR) is 94.9 cm³/mol. The third-order valence-electron chi connectivity index (χ3n) is 3.83. The van der Waals surface area contributed by atoms with E-state index in [2.05, 4.69) is 5.16 Å². The van der Waals surface area contributed by atoms with Gasteiger partial charge in [0.1, 0.15) is 18.4 Å². The molecule has 3 aromatic rings. The summed E-state index contributed by atoms with van der Waals surface area (Å²) in [6.45, 7) is 0.470. The van der Waals surface area contributed by atoms with Crippen molar-refractivity contribution < 1.29 is 9.57 Å². The first-order valence-electron chi connectivity index (χ1n) is 7.56. The van der Waals surface area contributed by atoms with E-state index in [9.17, 15) is 4.79 Å². The number of ether oxygens (including phenoxy) is 1. The molecule has 0 unspecified atom stereocenters. The number of pyridine rings is 1. The van der Waals surface area contributed by atoms with Gasteiger partial charge in [0.25, 0.3) is 5.56 Å². The maximum absolute atomic E-state index is 13.0.